The molecule has 0 radical (unpaired) electrons. The summed E-state index contributed by atoms with van der Waals surface area (Å²) in [5.74, 6) is -1.14. The Morgan fingerprint density at radius 2 is 2.00 bits per heavy atom. The smallest absolute Gasteiger partial charge is 0.241 e. The van der Waals surface area contributed by atoms with Crippen LogP contribution in [-0.4, -0.2) is 42.3 Å². The van der Waals surface area contributed by atoms with Gasteiger partial charge in [0.05, 0.1) is 37.3 Å². The standard InChI is InChI=1S/C16H15NO5/c1-21-10-4-2-9(3-5-10)17-14(19)12-11-6-7-16(8-18,22-11)13(12)15(17)20/h2-7,11-13,18H,8H2,1H3/t11-,12+,13-,16+/m1/s1. The minimum absolute atomic E-state index is 0.273. The Balaban J connectivity index is 1.72. The highest BCUT2D eigenvalue weighted by Gasteiger charge is 2.67. The second-order valence-electron chi connectivity index (χ2n) is 5.77. The molecule has 1 N–H and O–H groups in total. The average Bonchev–Trinajstić information content (AvgIpc) is 3.19. The Kier molecular flexibility index (Phi) is 2.70. The second kappa shape index (κ2) is 4.41. The van der Waals surface area contributed by atoms with Gasteiger partial charge in [0.15, 0.2) is 0 Å². The maximum atomic E-state index is 12.8. The van der Waals surface area contributed by atoms with Gasteiger partial charge in [0.2, 0.25) is 11.8 Å². The molecule has 2 amide bonds. The number of anilines is 1. The molecule has 2 bridgehead atoms. The van der Waals surface area contributed by atoms with E-state index in [1.54, 1.807) is 43.5 Å². The molecule has 4 rings (SSSR count). The maximum absolute atomic E-state index is 12.8. The normalized spacial score (nSPS) is 35.4. The van der Waals surface area contributed by atoms with E-state index in [-0.39, 0.29) is 18.4 Å². The molecule has 1 aromatic carbocycles. The van der Waals surface area contributed by atoms with Gasteiger partial charge in [-0.25, -0.2) is 4.90 Å². The number of amides is 2. The van der Waals surface area contributed by atoms with Gasteiger partial charge in [-0.3, -0.25) is 9.59 Å². The highest BCUT2D eigenvalue weighted by atomic mass is 16.5. The van der Waals surface area contributed by atoms with Crippen LogP contribution in [0.2, 0.25) is 0 Å². The molecule has 3 aliphatic heterocycles. The third-order valence-electron chi connectivity index (χ3n) is 4.73. The molecule has 2 saturated heterocycles. The quantitative estimate of drug-likeness (QED) is 0.650. The van der Waals surface area contributed by atoms with Crippen LogP contribution in [0.25, 0.3) is 0 Å². The topological polar surface area (TPSA) is 76.1 Å². The zero-order chi connectivity index (χ0) is 15.5. The number of methoxy groups -OCH3 is 1. The number of rotatable bonds is 3. The van der Waals surface area contributed by atoms with Crippen LogP contribution in [0.3, 0.4) is 0 Å². The van der Waals surface area contributed by atoms with Gasteiger partial charge < -0.3 is 14.6 Å². The minimum Gasteiger partial charge on any atom is -0.497 e. The Morgan fingerprint density at radius 3 is 2.64 bits per heavy atom. The molecular weight excluding hydrogens is 286 g/mol. The molecule has 6 heteroatoms. The van der Waals surface area contributed by atoms with Crippen LogP contribution in [0.15, 0.2) is 36.4 Å². The molecule has 4 atom stereocenters. The van der Waals surface area contributed by atoms with Crippen molar-refractivity contribution in [3.8, 4) is 5.75 Å². The summed E-state index contributed by atoms with van der Waals surface area (Å²) in [6.45, 7) is -0.309. The van der Waals surface area contributed by atoms with E-state index in [0.29, 0.717) is 11.4 Å². The number of ether oxygens (including phenoxy) is 2. The molecule has 0 aromatic heterocycles. The lowest BCUT2D eigenvalue weighted by Crippen LogP contribution is -2.43. The second-order valence-corrected chi connectivity index (χ2v) is 5.77. The van der Waals surface area contributed by atoms with Crippen molar-refractivity contribution in [3.05, 3.63) is 36.4 Å². The van der Waals surface area contributed by atoms with E-state index in [9.17, 15) is 14.7 Å². The first-order valence-electron chi connectivity index (χ1n) is 7.11. The van der Waals surface area contributed by atoms with Crippen molar-refractivity contribution in [2.45, 2.75) is 11.7 Å². The van der Waals surface area contributed by atoms with Crippen LogP contribution in [0, 0.1) is 11.8 Å². The zero-order valence-corrected chi connectivity index (χ0v) is 11.9. The Bertz CT molecular complexity index is 682. The fourth-order valence-electron chi connectivity index (χ4n) is 3.67. The first-order valence-corrected chi connectivity index (χ1v) is 7.11. The van der Waals surface area contributed by atoms with Crippen molar-refractivity contribution >= 4 is 17.5 Å². The monoisotopic (exact) mass is 301 g/mol. The highest BCUT2D eigenvalue weighted by Crippen LogP contribution is 2.52. The summed E-state index contributed by atoms with van der Waals surface area (Å²) in [5.41, 5.74) is -0.541. The van der Waals surface area contributed by atoms with Gasteiger partial charge in [0.1, 0.15) is 11.4 Å². The number of hydrogen-bond donors (Lipinski definition) is 1. The van der Waals surface area contributed by atoms with Crippen molar-refractivity contribution in [2.24, 2.45) is 11.8 Å². The maximum Gasteiger partial charge on any atom is 0.241 e. The first-order chi connectivity index (χ1) is 10.6. The van der Waals surface area contributed by atoms with Gasteiger partial charge in [-0.1, -0.05) is 12.2 Å². The number of aliphatic hydroxyl groups is 1. The minimum atomic E-state index is -1.05. The van der Waals surface area contributed by atoms with Gasteiger partial charge in [-0.15, -0.1) is 0 Å². The third kappa shape index (κ3) is 1.51. The van der Waals surface area contributed by atoms with Crippen LogP contribution in [0.1, 0.15) is 0 Å². The molecule has 0 spiro atoms. The van der Waals surface area contributed by atoms with E-state index in [4.69, 9.17) is 9.47 Å². The fourth-order valence-corrected chi connectivity index (χ4v) is 3.67. The first kappa shape index (κ1) is 13.5. The van der Waals surface area contributed by atoms with Crippen molar-refractivity contribution < 1.29 is 24.2 Å². The SMILES string of the molecule is COc1ccc(N2C(=O)[C@H]3[C@H]4C=C[C@@](CO)(O4)[C@H]3C2=O)cc1. The van der Waals surface area contributed by atoms with Gasteiger partial charge >= 0.3 is 0 Å². The van der Waals surface area contributed by atoms with E-state index in [1.807, 2.05) is 0 Å². The molecular formula is C16H15NO5. The van der Waals surface area contributed by atoms with E-state index >= 15 is 0 Å². The van der Waals surface area contributed by atoms with Crippen molar-refractivity contribution in [1.29, 1.82) is 0 Å². The van der Waals surface area contributed by atoms with Crippen molar-refractivity contribution in [2.75, 3.05) is 18.6 Å². The van der Waals surface area contributed by atoms with Crippen LogP contribution in [-0.2, 0) is 14.3 Å². The van der Waals surface area contributed by atoms with Gasteiger partial charge in [0, 0.05) is 0 Å². The van der Waals surface area contributed by atoms with E-state index in [0.717, 1.165) is 0 Å². The molecule has 2 fully saturated rings. The summed E-state index contributed by atoms with van der Waals surface area (Å²) >= 11 is 0. The number of carbonyl (C=O) groups excluding carboxylic acids is 2. The van der Waals surface area contributed by atoms with Gasteiger partial charge in [-0.2, -0.15) is 0 Å². The predicted octanol–water partition coefficient (Wildman–Crippen LogP) is 0.500. The number of carbonyl (C=O) groups is 2. The molecule has 0 saturated carbocycles. The molecule has 6 nitrogen and oxygen atoms in total. The third-order valence-corrected chi connectivity index (χ3v) is 4.73. The lowest BCUT2D eigenvalue weighted by atomic mass is 9.77. The summed E-state index contributed by atoms with van der Waals surface area (Å²) in [4.78, 5) is 26.6. The summed E-state index contributed by atoms with van der Waals surface area (Å²) in [7, 11) is 1.55. The molecule has 22 heavy (non-hydrogen) atoms. The fraction of sp³-hybridized carbons (Fsp3) is 0.375. The van der Waals surface area contributed by atoms with Crippen molar-refractivity contribution in [3.63, 3.8) is 0 Å². The number of fused-ring (bicyclic) bond motifs is 5. The van der Waals surface area contributed by atoms with Crippen LogP contribution >= 0.6 is 0 Å². The largest absolute Gasteiger partial charge is 0.497 e. The number of benzene rings is 1. The zero-order valence-electron chi connectivity index (χ0n) is 11.9. The van der Waals surface area contributed by atoms with Crippen LogP contribution in [0.4, 0.5) is 5.69 Å². The van der Waals surface area contributed by atoms with E-state index in [2.05, 4.69) is 0 Å². The van der Waals surface area contributed by atoms with E-state index in [1.165, 1.54) is 4.90 Å². The van der Waals surface area contributed by atoms with Gasteiger partial charge in [0.25, 0.3) is 0 Å². The Labute approximate surface area is 126 Å². The van der Waals surface area contributed by atoms with Gasteiger partial charge in [-0.05, 0) is 24.3 Å². The van der Waals surface area contributed by atoms with Crippen molar-refractivity contribution in [1.82, 2.24) is 0 Å². The number of imide groups is 1. The number of hydrogen-bond acceptors (Lipinski definition) is 5. The Hall–Kier alpha value is -2.18. The molecule has 1 aromatic rings. The summed E-state index contributed by atoms with van der Waals surface area (Å²) in [5, 5.41) is 9.64. The molecule has 3 aliphatic rings. The predicted molar refractivity (Wildman–Crippen MR) is 76.3 cm³/mol. The molecule has 114 valence electrons. The molecule has 3 heterocycles. The molecule has 0 aliphatic carbocycles. The number of nitrogens with zero attached hydrogens (tertiary/aromatic N) is 1. The van der Waals surface area contributed by atoms with Crippen LogP contribution in [0.5, 0.6) is 5.75 Å². The lowest BCUT2D eigenvalue weighted by Gasteiger charge is -2.26. The van der Waals surface area contributed by atoms with E-state index < -0.39 is 23.5 Å². The lowest BCUT2D eigenvalue weighted by molar-refractivity contribution is -0.128. The number of aliphatic hydroxyl groups excluding tert-OH is 1. The summed E-state index contributed by atoms with van der Waals surface area (Å²) in [6.07, 6.45) is 3.04. The summed E-state index contributed by atoms with van der Waals surface area (Å²) < 4.78 is 10.8. The Morgan fingerprint density at radius 1 is 1.27 bits per heavy atom. The average molecular weight is 301 g/mol. The molecule has 0 unspecified atom stereocenters. The highest BCUT2D eigenvalue weighted by molar-refractivity contribution is 6.23. The van der Waals surface area contributed by atoms with Crippen LogP contribution < -0.4 is 9.64 Å². The summed E-state index contributed by atoms with van der Waals surface area (Å²) in [6, 6.07) is 6.76.